The van der Waals surface area contributed by atoms with Gasteiger partial charge in [0.1, 0.15) is 6.04 Å². The number of aliphatic hydroxyl groups excluding tert-OH is 1. The lowest BCUT2D eigenvalue weighted by atomic mass is 9.84. The summed E-state index contributed by atoms with van der Waals surface area (Å²) in [5.41, 5.74) is 1.02. The first-order chi connectivity index (χ1) is 14.9. The van der Waals surface area contributed by atoms with Crippen LogP contribution in [0.15, 0.2) is 30.3 Å². The highest BCUT2D eigenvalue weighted by atomic mass is 16.4. The van der Waals surface area contributed by atoms with Gasteiger partial charge in [0.2, 0.25) is 11.8 Å². The zero-order valence-electron chi connectivity index (χ0n) is 18.3. The van der Waals surface area contributed by atoms with Gasteiger partial charge in [0.25, 0.3) is 0 Å². The molecule has 0 bridgehead atoms. The SMILES string of the molecule is CN(Cc1ccccc1)C(=O)CC[C@@H](CO)NC(=O)[C@H](CC1CCCCC1)NC(=O)O. The molecule has 4 N–H and O–H groups in total. The van der Waals surface area contributed by atoms with E-state index in [-0.39, 0.29) is 25.4 Å². The average molecular weight is 434 g/mol. The van der Waals surface area contributed by atoms with Crippen LogP contribution in [0.1, 0.15) is 56.9 Å². The highest BCUT2D eigenvalue weighted by Gasteiger charge is 2.27. The van der Waals surface area contributed by atoms with Gasteiger partial charge < -0.3 is 25.7 Å². The number of rotatable bonds is 11. The number of nitrogens with zero attached hydrogens (tertiary/aromatic N) is 1. The number of nitrogens with one attached hydrogen (secondary N) is 2. The van der Waals surface area contributed by atoms with Gasteiger partial charge in [-0.1, -0.05) is 62.4 Å². The van der Waals surface area contributed by atoms with Gasteiger partial charge in [0, 0.05) is 20.0 Å². The molecule has 2 atom stereocenters. The van der Waals surface area contributed by atoms with Gasteiger partial charge in [-0.15, -0.1) is 0 Å². The van der Waals surface area contributed by atoms with Crippen LogP contribution < -0.4 is 10.6 Å². The molecule has 172 valence electrons. The van der Waals surface area contributed by atoms with Crippen LogP contribution in [0.2, 0.25) is 0 Å². The van der Waals surface area contributed by atoms with E-state index >= 15 is 0 Å². The molecule has 1 fully saturated rings. The third-order valence-corrected chi connectivity index (χ3v) is 5.87. The van der Waals surface area contributed by atoms with Crippen molar-refractivity contribution in [3.05, 3.63) is 35.9 Å². The van der Waals surface area contributed by atoms with Crippen LogP contribution >= 0.6 is 0 Å². The van der Waals surface area contributed by atoms with Crippen LogP contribution in [0.3, 0.4) is 0 Å². The van der Waals surface area contributed by atoms with Gasteiger partial charge in [-0.05, 0) is 24.3 Å². The highest BCUT2D eigenvalue weighted by Crippen LogP contribution is 2.27. The molecule has 0 heterocycles. The van der Waals surface area contributed by atoms with E-state index in [1.165, 1.54) is 6.42 Å². The molecular formula is C23H35N3O5. The molecule has 2 rings (SSSR count). The molecule has 1 saturated carbocycles. The topological polar surface area (TPSA) is 119 Å². The fraction of sp³-hybridized carbons (Fsp3) is 0.609. The number of carbonyl (C=O) groups excluding carboxylic acids is 2. The van der Waals surface area contributed by atoms with Gasteiger partial charge in [0.05, 0.1) is 12.6 Å². The molecule has 0 aromatic heterocycles. The third kappa shape index (κ3) is 8.96. The van der Waals surface area contributed by atoms with Crippen molar-refractivity contribution in [1.82, 2.24) is 15.5 Å². The second-order valence-electron chi connectivity index (χ2n) is 8.40. The lowest BCUT2D eigenvalue weighted by Crippen LogP contribution is -2.51. The molecule has 31 heavy (non-hydrogen) atoms. The molecule has 0 spiro atoms. The standard InChI is InChI=1S/C23H35N3O5/c1-26(15-18-10-6-3-7-11-18)21(28)13-12-19(16-27)24-22(29)20(25-23(30)31)14-17-8-4-2-5-9-17/h3,6-7,10-11,17,19-20,25,27H,2,4-5,8-9,12-16H2,1H3,(H,24,29)(H,30,31)/t19-,20-/m0/s1. The number of hydrogen-bond acceptors (Lipinski definition) is 4. The Labute approximate surface area is 184 Å². The van der Waals surface area contributed by atoms with Crippen LogP contribution in [-0.4, -0.2) is 58.8 Å². The Morgan fingerprint density at radius 2 is 1.77 bits per heavy atom. The van der Waals surface area contributed by atoms with Crippen molar-refractivity contribution in [3.63, 3.8) is 0 Å². The third-order valence-electron chi connectivity index (χ3n) is 5.87. The average Bonchev–Trinajstić information content (AvgIpc) is 2.76. The first-order valence-electron chi connectivity index (χ1n) is 11.1. The Bertz CT molecular complexity index is 706. The number of hydrogen-bond donors (Lipinski definition) is 4. The molecule has 0 saturated heterocycles. The second kappa shape index (κ2) is 12.9. The Balaban J connectivity index is 1.84. The number of aliphatic hydroxyl groups is 1. The molecule has 8 heteroatoms. The quantitative estimate of drug-likeness (QED) is 0.428. The van der Waals surface area contributed by atoms with Crippen molar-refractivity contribution in [3.8, 4) is 0 Å². The smallest absolute Gasteiger partial charge is 0.405 e. The molecule has 0 aliphatic heterocycles. The fourth-order valence-corrected chi connectivity index (χ4v) is 4.08. The summed E-state index contributed by atoms with van der Waals surface area (Å²) in [6.45, 7) is 0.173. The predicted octanol–water partition coefficient (Wildman–Crippen LogP) is 2.51. The molecule has 1 aliphatic rings. The lowest BCUT2D eigenvalue weighted by molar-refractivity contribution is -0.131. The summed E-state index contributed by atoms with van der Waals surface area (Å²) in [6, 6.07) is 8.18. The number of carboxylic acid groups (broad SMARTS) is 1. The Hall–Kier alpha value is -2.61. The first-order valence-corrected chi connectivity index (χ1v) is 11.1. The van der Waals surface area contributed by atoms with Crippen molar-refractivity contribution in [2.24, 2.45) is 5.92 Å². The fourth-order valence-electron chi connectivity index (χ4n) is 4.08. The van der Waals surface area contributed by atoms with Crippen LogP contribution in [0.5, 0.6) is 0 Å². The van der Waals surface area contributed by atoms with Crippen LogP contribution in [0.25, 0.3) is 0 Å². The van der Waals surface area contributed by atoms with Crippen molar-refractivity contribution in [1.29, 1.82) is 0 Å². The minimum Gasteiger partial charge on any atom is -0.465 e. The van der Waals surface area contributed by atoms with Gasteiger partial charge in [0.15, 0.2) is 0 Å². The minimum absolute atomic E-state index is 0.0843. The van der Waals surface area contributed by atoms with Crippen LogP contribution in [0.4, 0.5) is 4.79 Å². The van der Waals surface area contributed by atoms with Crippen molar-refractivity contribution < 1.29 is 24.6 Å². The highest BCUT2D eigenvalue weighted by molar-refractivity contribution is 5.85. The van der Waals surface area contributed by atoms with E-state index in [9.17, 15) is 19.5 Å². The maximum absolute atomic E-state index is 12.7. The van der Waals surface area contributed by atoms with Gasteiger partial charge in [-0.2, -0.15) is 0 Å². The summed E-state index contributed by atoms with van der Waals surface area (Å²) in [4.78, 5) is 37.9. The van der Waals surface area contributed by atoms with Crippen molar-refractivity contribution >= 4 is 17.9 Å². The summed E-state index contributed by atoms with van der Waals surface area (Å²) >= 11 is 0. The number of carbonyl (C=O) groups is 3. The predicted molar refractivity (Wildman–Crippen MR) is 117 cm³/mol. The second-order valence-corrected chi connectivity index (χ2v) is 8.40. The molecule has 3 amide bonds. The summed E-state index contributed by atoms with van der Waals surface area (Å²) in [7, 11) is 1.72. The van der Waals surface area contributed by atoms with Gasteiger partial charge >= 0.3 is 6.09 Å². The van der Waals surface area contributed by atoms with E-state index in [4.69, 9.17) is 5.11 Å². The lowest BCUT2D eigenvalue weighted by Gasteiger charge is -2.27. The van der Waals surface area contributed by atoms with E-state index in [0.29, 0.717) is 18.9 Å². The zero-order chi connectivity index (χ0) is 22.6. The Kier molecular flexibility index (Phi) is 10.3. The molecule has 8 nitrogen and oxygen atoms in total. The van der Waals surface area contributed by atoms with Crippen molar-refractivity contribution in [2.75, 3.05) is 13.7 Å². The summed E-state index contributed by atoms with van der Waals surface area (Å²) in [6.07, 6.45) is 5.04. The van der Waals surface area contributed by atoms with Gasteiger partial charge in [-0.25, -0.2) is 4.79 Å². The largest absolute Gasteiger partial charge is 0.465 e. The van der Waals surface area contributed by atoms with E-state index in [0.717, 1.165) is 31.2 Å². The Morgan fingerprint density at radius 1 is 1.10 bits per heavy atom. The van der Waals surface area contributed by atoms with Gasteiger partial charge in [-0.3, -0.25) is 9.59 Å². The monoisotopic (exact) mass is 433 g/mol. The minimum atomic E-state index is -1.24. The zero-order valence-corrected chi connectivity index (χ0v) is 18.3. The van der Waals surface area contributed by atoms with E-state index < -0.39 is 24.1 Å². The molecule has 1 aliphatic carbocycles. The number of benzene rings is 1. The first kappa shape index (κ1) is 24.7. The summed E-state index contributed by atoms with van der Waals surface area (Å²) < 4.78 is 0. The Morgan fingerprint density at radius 3 is 2.39 bits per heavy atom. The van der Waals surface area contributed by atoms with E-state index in [1.54, 1.807) is 11.9 Å². The molecule has 1 aromatic rings. The maximum atomic E-state index is 12.7. The molecule has 1 aromatic carbocycles. The van der Waals surface area contributed by atoms with Crippen LogP contribution in [0, 0.1) is 5.92 Å². The summed E-state index contributed by atoms with van der Waals surface area (Å²) in [5, 5.41) is 23.8. The van der Waals surface area contributed by atoms with E-state index in [2.05, 4.69) is 10.6 Å². The summed E-state index contributed by atoms with van der Waals surface area (Å²) in [5.74, 6) is -0.215. The normalized spacial score (nSPS) is 16.2. The van der Waals surface area contributed by atoms with E-state index in [1.807, 2.05) is 30.3 Å². The van der Waals surface area contributed by atoms with Crippen molar-refractivity contribution in [2.45, 2.75) is 70.0 Å². The number of amides is 3. The maximum Gasteiger partial charge on any atom is 0.405 e. The molecular weight excluding hydrogens is 398 g/mol. The molecule has 0 unspecified atom stereocenters. The molecule has 0 radical (unpaired) electrons. The van der Waals surface area contributed by atoms with Crippen LogP contribution in [-0.2, 0) is 16.1 Å².